The van der Waals surface area contributed by atoms with Crippen LogP contribution >= 0.6 is 33.6 Å². The van der Waals surface area contributed by atoms with Gasteiger partial charge in [-0.05, 0) is 24.4 Å². The van der Waals surface area contributed by atoms with Gasteiger partial charge in [0, 0.05) is 10.7 Å². The predicted octanol–water partition coefficient (Wildman–Crippen LogP) is 2.61. The number of nitrogens with zero attached hydrogens (tertiary/aromatic N) is 3. The molecule has 0 saturated carbocycles. The van der Waals surface area contributed by atoms with Crippen LogP contribution in [0.1, 0.15) is 40.8 Å². The van der Waals surface area contributed by atoms with Gasteiger partial charge in [0.2, 0.25) is 0 Å². The van der Waals surface area contributed by atoms with Gasteiger partial charge < -0.3 is 0 Å². The van der Waals surface area contributed by atoms with E-state index < -0.39 is 15.0 Å². The fraction of sp³-hybridized carbons (Fsp3) is 0.400. The van der Waals surface area contributed by atoms with Crippen LogP contribution in [0.25, 0.3) is 0 Å². The zero-order valence-corrected chi connectivity index (χ0v) is 14.5. The molecule has 11 heteroatoms. The molecule has 0 bridgehead atoms. The number of aryl methyl sites for hydroxylation is 1. The number of halogens is 1. The average Bonchev–Trinajstić information content (AvgIpc) is 2.94. The maximum Gasteiger partial charge on any atom is 0.272 e. The van der Waals surface area contributed by atoms with Crippen molar-refractivity contribution in [1.82, 2.24) is 14.6 Å². The van der Waals surface area contributed by atoms with Crippen molar-refractivity contribution >= 4 is 53.6 Å². The lowest BCUT2D eigenvalue weighted by molar-refractivity contribution is 0.102. The highest BCUT2D eigenvalue weighted by atomic mass is 35.7. The molecule has 0 saturated heterocycles. The molecule has 7 nitrogen and oxygen atoms in total. The van der Waals surface area contributed by atoms with E-state index in [2.05, 4.69) is 19.9 Å². The van der Waals surface area contributed by atoms with E-state index in [1.54, 1.807) is 0 Å². The van der Waals surface area contributed by atoms with Crippen LogP contribution in [0.5, 0.6) is 0 Å². The van der Waals surface area contributed by atoms with E-state index in [4.69, 9.17) is 10.7 Å². The second kappa shape index (κ2) is 5.95. The zero-order valence-electron chi connectivity index (χ0n) is 11.2. The van der Waals surface area contributed by atoms with Crippen molar-refractivity contribution in [3.8, 4) is 0 Å². The summed E-state index contributed by atoms with van der Waals surface area (Å²) in [5, 5.41) is 6.63. The van der Waals surface area contributed by atoms with E-state index in [0.717, 1.165) is 22.9 Å². The minimum Gasteiger partial charge on any atom is -0.297 e. The summed E-state index contributed by atoms with van der Waals surface area (Å²) in [5.41, 5.74) is 0.841. The Balaban J connectivity index is 2.27. The van der Waals surface area contributed by atoms with E-state index in [1.807, 2.05) is 13.8 Å². The molecule has 0 atom stereocenters. The van der Waals surface area contributed by atoms with Crippen LogP contribution < -0.4 is 5.32 Å². The fourth-order valence-corrected chi connectivity index (χ4v) is 4.61. The maximum atomic E-state index is 12.2. The summed E-state index contributed by atoms with van der Waals surface area (Å²) in [4.78, 5) is 16.5. The molecule has 0 spiro atoms. The van der Waals surface area contributed by atoms with Crippen molar-refractivity contribution < 1.29 is 13.2 Å². The van der Waals surface area contributed by atoms with Crippen molar-refractivity contribution in [1.29, 1.82) is 0 Å². The molecular weight excluding hydrogens is 356 g/mol. The van der Waals surface area contributed by atoms with E-state index in [-0.39, 0.29) is 21.0 Å². The fourth-order valence-electron chi connectivity index (χ4n) is 1.55. The summed E-state index contributed by atoms with van der Waals surface area (Å²) < 4.78 is 26.3. The van der Waals surface area contributed by atoms with Gasteiger partial charge in [-0.25, -0.2) is 13.4 Å². The number of carbonyl (C=O) groups excluding carboxylic acids is 1. The summed E-state index contributed by atoms with van der Waals surface area (Å²) >= 11 is 1.79. The number of thiazole rings is 1. The first-order chi connectivity index (χ1) is 9.70. The molecule has 0 unspecified atom stereocenters. The molecule has 0 aromatic carbocycles. The number of aromatic nitrogens is 3. The molecule has 114 valence electrons. The first-order valence-corrected chi connectivity index (χ1v) is 9.65. The highest BCUT2D eigenvalue weighted by Crippen LogP contribution is 2.30. The molecule has 0 radical (unpaired) electrons. The molecule has 2 aromatic heterocycles. The standard InChI is InChI=1S/C10H11ClN4O3S3/c1-4(2)6-7(20-15-14-6)8(16)13-10-12-5(3)9(19-10)21(11,17)18/h4H,1-3H3,(H,12,13,16). The van der Waals surface area contributed by atoms with Crippen LogP contribution in [0, 0.1) is 6.92 Å². The lowest BCUT2D eigenvalue weighted by Gasteiger charge is -2.03. The van der Waals surface area contributed by atoms with Crippen LogP contribution in [-0.2, 0) is 9.05 Å². The lowest BCUT2D eigenvalue weighted by Crippen LogP contribution is -2.12. The van der Waals surface area contributed by atoms with Gasteiger partial charge in [0.1, 0.15) is 4.88 Å². The van der Waals surface area contributed by atoms with E-state index in [1.165, 1.54) is 6.92 Å². The molecule has 0 aliphatic carbocycles. The highest BCUT2D eigenvalue weighted by molar-refractivity contribution is 8.15. The smallest absolute Gasteiger partial charge is 0.272 e. The second-order valence-electron chi connectivity index (χ2n) is 4.43. The van der Waals surface area contributed by atoms with E-state index in [0.29, 0.717) is 10.6 Å². The van der Waals surface area contributed by atoms with Crippen molar-refractivity contribution in [3.63, 3.8) is 0 Å². The Hall–Kier alpha value is -1.10. The Bertz CT molecular complexity index is 781. The van der Waals surface area contributed by atoms with Gasteiger partial charge in [-0.15, -0.1) is 5.10 Å². The summed E-state index contributed by atoms with van der Waals surface area (Å²) in [6.45, 7) is 5.31. The van der Waals surface area contributed by atoms with Gasteiger partial charge in [0.05, 0.1) is 11.4 Å². The molecule has 0 fully saturated rings. The predicted molar refractivity (Wildman–Crippen MR) is 81.8 cm³/mol. The van der Waals surface area contributed by atoms with Gasteiger partial charge in [0.25, 0.3) is 15.0 Å². The monoisotopic (exact) mass is 366 g/mol. The number of rotatable bonds is 4. The minimum absolute atomic E-state index is 0.0568. The first-order valence-electron chi connectivity index (χ1n) is 5.76. The van der Waals surface area contributed by atoms with Crippen LogP contribution in [0.4, 0.5) is 5.13 Å². The van der Waals surface area contributed by atoms with Crippen LogP contribution in [-0.4, -0.2) is 28.9 Å². The SMILES string of the molecule is Cc1nc(NC(=O)c2snnc2C(C)C)sc1S(=O)(=O)Cl. The molecule has 0 aliphatic heterocycles. The molecule has 1 N–H and O–H groups in total. The summed E-state index contributed by atoms with van der Waals surface area (Å²) in [6.07, 6.45) is 0. The Morgan fingerprint density at radius 2 is 2.05 bits per heavy atom. The normalized spacial score (nSPS) is 11.9. The first kappa shape index (κ1) is 16.3. The average molecular weight is 367 g/mol. The largest absolute Gasteiger partial charge is 0.297 e. The summed E-state index contributed by atoms with van der Waals surface area (Å²) in [6, 6.07) is 0. The number of hydrogen-bond donors (Lipinski definition) is 1. The third-order valence-corrected chi connectivity index (χ3v) is 6.45. The lowest BCUT2D eigenvalue weighted by atomic mass is 10.1. The maximum absolute atomic E-state index is 12.2. The number of hydrogen-bond acceptors (Lipinski definition) is 8. The van der Waals surface area contributed by atoms with Crippen molar-refractivity contribution in [2.75, 3.05) is 5.32 Å². The Kier molecular flexibility index (Phi) is 4.61. The molecule has 0 aliphatic rings. The molecule has 2 aromatic rings. The van der Waals surface area contributed by atoms with Crippen LogP contribution in [0.15, 0.2) is 4.21 Å². The molecule has 21 heavy (non-hydrogen) atoms. The van der Waals surface area contributed by atoms with Gasteiger partial charge in [-0.1, -0.05) is 29.7 Å². The van der Waals surface area contributed by atoms with Gasteiger partial charge in [-0.3, -0.25) is 10.1 Å². The van der Waals surface area contributed by atoms with Gasteiger partial charge in [0.15, 0.2) is 9.34 Å². The van der Waals surface area contributed by atoms with Gasteiger partial charge in [-0.2, -0.15) is 0 Å². The summed E-state index contributed by atoms with van der Waals surface area (Å²) in [7, 11) is 1.42. The van der Waals surface area contributed by atoms with Crippen molar-refractivity contribution in [3.05, 3.63) is 16.3 Å². The number of nitrogens with one attached hydrogen (secondary N) is 1. The Labute approximate surface area is 134 Å². The van der Waals surface area contributed by atoms with Crippen LogP contribution in [0.3, 0.4) is 0 Å². The third kappa shape index (κ3) is 3.57. The third-order valence-electron chi connectivity index (χ3n) is 2.46. The molecule has 1 amide bonds. The van der Waals surface area contributed by atoms with E-state index >= 15 is 0 Å². The molecular formula is C10H11ClN4O3S3. The zero-order chi connectivity index (χ0) is 15.8. The Morgan fingerprint density at radius 3 is 2.57 bits per heavy atom. The van der Waals surface area contributed by atoms with Crippen LogP contribution in [0.2, 0.25) is 0 Å². The van der Waals surface area contributed by atoms with Gasteiger partial charge >= 0.3 is 0 Å². The van der Waals surface area contributed by atoms with E-state index in [9.17, 15) is 13.2 Å². The quantitative estimate of drug-likeness (QED) is 0.834. The minimum atomic E-state index is -3.87. The highest BCUT2D eigenvalue weighted by Gasteiger charge is 2.23. The summed E-state index contributed by atoms with van der Waals surface area (Å²) in [5.74, 6) is -0.359. The number of carbonyl (C=O) groups is 1. The van der Waals surface area contributed by atoms with Crippen molar-refractivity contribution in [2.45, 2.75) is 30.9 Å². The molecule has 2 heterocycles. The molecule has 2 rings (SSSR count). The number of anilines is 1. The second-order valence-corrected chi connectivity index (χ2v) is 8.94. The Morgan fingerprint density at radius 1 is 1.38 bits per heavy atom. The topological polar surface area (TPSA) is 102 Å². The number of amides is 1. The van der Waals surface area contributed by atoms with Crippen molar-refractivity contribution in [2.24, 2.45) is 0 Å².